The van der Waals surface area contributed by atoms with Crippen LogP contribution in [0.4, 0.5) is 5.69 Å². The molecule has 0 saturated carbocycles. The third-order valence-corrected chi connectivity index (χ3v) is 5.17. The van der Waals surface area contributed by atoms with E-state index in [-0.39, 0.29) is 17.1 Å². The lowest BCUT2D eigenvalue weighted by atomic mass is 10.2. The number of hydrogen-bond donors (Lipinski definition) is 1. The second-order valence-electron chi connectivity index (χ2n) is 4.54. The van der Waals surface area contributed by atoms with Gasteiger partial charge in [0, 0.05) is 11.4 Å². The molecule has 2 rings (SSSR count). The summed E-state index contributed by atoms with van der Waals surface area (Å²) in [6.45, 7) is 4.79. The van der Waals surface area contributed by atoms with Gasteiger partial charge in [0.25, 0.3) is 0 Å². The van der Waals surface area contributed by atoms with Crippen LogP contribution in [0, 0.1) is 0 Å². The van der Waals surface area contributed by atoms with Crippen molar-refractivity contribution in [2.75, 3.05) is 24.2 Å². The first-order chi connectivity index (χ1) is 10.6. The molecule has 1 aromatic carbocycles. The van der Waals surface area contributed by atoms with Gasteiger partial charge < -0.3 is 10.1 Å². The van der Waals surface area contributed by atoms with Crippen LogP contribution in [0.15, 0.2) is 29.3 Å². The van der Waals surface area contributed by atoms with Crippen LogP contribution in [-0.2, 0) is 9.53 Å². The van der Waals surface area contributed by atoms with E-state index in [1.54, 1.807) is 43.0 Å². The fourth-order valence-electron chi connectivity index (χ4n) is 1.74. The molecule has 1 amide bonds. The van der Waals surface area contributed by atoms with E-state index in [1.165, 1.54) is 11.8 Å². The van der Waals surface area contributed by atoms with E-state index in [0.29, 0.717) is 17.9 Å². The molecule has 5 nitrogen and oxygen atoms in total. The van der Waals surface area contributed by atoms with Crippen molar-refractivity contribution < 1.29 is 14.3 Å². The molecule has 118 valence electrons. The summed E-state index contributed by atoms with van der Waals surface area (Å²) in [6, 6.07) is 6.68. The second-order valence-corrected chi connectivity index (χ2v) is 7.21. The van der Waals surface area contributed by atoms with Crippen molar-refractivity contribution in [3.05, 3.63) is 29.8 Å². The summed E-state index contributed by atoms with van der Waals surface area (Å²) in [5, 5.41) is 2.62. The summed E-state index contributed by atoms with van der Waals surface area (Å²) < 4.78 is 5.89. The first-order valence-corrected chi connectivity index (χ1v) is 8.88. The molecule has 1 heterocycles. The Hall–Kier alpha value is -1.47. The zero-order valence-corrected chi connectivity index (χ0v) is 14.1. The molecule has 0 aromatic heterocycles. The standard InChI is InChI=1S/C15H18N2O3S2/c1-3-20-14(19)11-4-6-12(7-5-11)17-13(18)10(2)22-15-16-8-9-21-15/h4-7,10H,3,8-9H2,1-2H3,(H,17,18). The van der Waals surface area contributed by atoms with Crippen LogP contribution in [0.25, 0.3) is 0 Å². The van der Waals surface area contributed by atoms with Gasteiger partial charge in [0.15, 0.2) is 0 Å². The molecule has 0 bridgehead atoms. The number of thioether (sulfide) groups is 2. The zero-order valence-electron chi connectivity index (χ0n) is 12.5. The van der Waals surface area contributed by atoms with Crippen LogP contribution in [0.3, 0.4) is 0 Å². The van der Waals surface area contributed by atoms with Crippen molar-refractivity contribution in [1.82, 2.24) is 0 Å². The number of nitrogens with zero attached hydrogens (tertiary/aromatic N) is 1. The van der Waals surface area contributed by atoms with Crippen LogP contribution >= 0.6 is 23.5 Å². The number of hydrogen-bond acceptors (Lipinski definition) is 6. The minimum Gasteiger partial charge on any atom is -0.462 e. The summed E-state index contributed by atoms with van der Waals surface area (Å²) in [5.41, 5.74) is 1.13. The van der Waals surface area contributed by atoms with E-state index < -0.39 is 0 Å². The summed E-state index contributed by atoms with van der Waals surface area (Å²) in [6.07, 6.45) is 0. The second kappa shape index (κ2) is 8.24. The average Bonchev–Trinajstić information content (AvgIpc) is 3.01. The fraction of sp³-hybridized carbons (Fsp3) is 0.400. The lowest BCUT2D eigenvalue weighted by Gasteiger charge is -2.11. The van der Waals surface area contributed by atoms with Crippen molar-refractivity contribution in [1.29, 1.82) is 0 Å². The van der Waals surface area contributed by atoms with Crippen LogP contribution in [-0.4, -0.2) is 40.4 Å². The Morgan fingerprint density at radius 1 is 1.41 bits per heavy atom. The van der Waals surface area contributed by atoms with Crippen molar-refractivity contribution in [2.24, 2.45) is 4.99 Å². The molecule has 0 fully saturated rings. The number of carbonyl (C=O) groups excluding carboxylic acids is 2. The van der Waals surface area contributed by atoms with E-state index in [0.717, 1.165) is 16.7 Å². The Morgan fingerprint density at radius 2 is 2.14 bits per heavy atom. The van der Waals surface area contributed by atoms with Crippen molar-refractivity contribution >= 4 is 45.5 Å². The molecule has 0 aliphatic carbocycles. The summed E-state index contributed by atoms with van der Waals surface area (Å²) in [5.74, 6) is 0.552. The predicted molar refractivity (Wildman–Crippen MR) is 92.8 cm³/mol. The number of rotatable bonds is 5. The maximum absolute atomic E-state index is 12.1. The van der Waals surface area contributed by atoms with Gasteiger partial charge in [-0.3, -0.25) is 9.79 Å². The normalized spacial score (nSPS) is 15.1. The fourth-order valence-corrected chi connectivity index (χ4v) is 3.87. The SMILES string of the molecule is CCOC(=O)c1ccc(NC(=O)C(C)SC2=NCCS2)cc1. The Balaban J connectivity index is 1.89. The van der Waals surface area contributed by atoms with Gasteiger partial charge in [-0.1, -0.05) is 23.5 Å². The predicted octanol–water partition coefficient (Wildman–Crippen LogP) is 3.03. The first-order valence-electron chi connectivity index (χ1n) is 7.02. The molecule has 1 aliphatic heterocycles. The average molecular weight is 338 g/mol. The maximum atomic E-state index is 12.1. The Kier molecular flexibility index (Phi) is 6.33. The van der Waals surface area contributed by atoms with E-state index in [9.17, 15) is 9.59 Å². The molecule has 1 aromatic rings. The van der Waals surface area contributed by atoms with Crippen molar-refractivity contribution in [3.8, 4) is 0 Å². The van der Waals surface area contributed by atoms with Crippen molar-refractivity contribution in [3.63, 3.8) is 0 Å². The van der Waals surface area contributed by atoms with Crippen LogP contribution in [0.5, 0.6) is 0 Å². The molecule has 0 radical (unpaired) electrons. The summed E-state index contributed by atoms with van der Waals surface area (Å²) in [7, 11) is 0. The summed E-state index contributed by atoms with van der Waals surface area (Å²) >= 11 is 3.16. The van der Waals surface area contributed by atoms with Gasteiger partial charge in [-0.05, 0) is 38.1 Å². The van der Waals surface area contributed by atoms with E-state index in [4.69, 9.17) is 4.74 Å². The monoisotopic (exact) mass is 338 g/mol. The van der Waals surface area contributed by atoms with Crippen LogP contribution < -0.4 is 5.32 Å². The maximum Gasteiger partial charge on any atom is 0.338 e. The molecule has 7 heteroatoms. The molecular weight excluding hydrogens is 320 g/mol. The van der Waals surface area contributed by atoms with Gasteiger partial charge in [0.1, 0.15) is 4.38 Å². The highest BCUT2D eigenvalue weighted by Gasteiger charge is 2.19. The van der Waals surface area contributed by atoms with E-state index in [1.807, 2.05) is 6.92 Å². The summed E-state index contributed by atoms with van der Waals surface area (Å²) in [4.78, 5) is 28.0. The number of anilines is 1. The highest BCUT2D eigenvalue weighted by Crippen LogP contribution is 2.26. The molecule has 1 aliphatic rings. The number of aliphatic imine (C=N–C) groups is 1. The molecule has 0 spiro atoms. The lowest BCUT2D eigenvalue weighted by Crippen LogP contribution is -2.23. The number of esters is 1. The van der Waals surface area contributed by atoms with Crippen molar-refractivity contribution in [2.45, 2.75) is 19.1 Å². The highest BCUT2D eigenvalue weighted by atomic mass is 32.2. The minimum absolute atomic E-state index is 0.0796. The molecule has 1 unspecified atom stereocenters. The third-order valence-electron chi connectivity index (χ3n) is 2.87. The Bertz CT molecular complexity index is 573. The first kappa shape index (κ1) is 16.9. The number of amides is 1. The molecule has 1 atom stereocenters. The largest absolute Gasteiger partial charge is 0.462 e. The number of nitrogens with one attached hydrogen (secondary N) is 1. The smallest absolute Gasteiger partial charge is 0.338 e. The van der Waals surface area contributed by atoms with Gasteiger partial charge in [-0.2, -0.15) is 0 Å². The molecule has 0 saturated heterocycles. The molecule has 1 N–H and O–H groups in total. The van der Waals surface area contributed by atoms with Gasteiger partial charge in [-0.25, -0.2) is 4.79 Å². The zero-order chi connectivity index (χ0) is 15.9. The number of ether oxygens (including phenoxy) is 1. The lowest BCUT2D eigenvalue weighted by molar-refractivity contribution is -0.115. The van der Waals surface area contributed by atoms with Crippen LogP contribution in [0.2, 0.25) is 0 Å². The Labute approximate surface area is 138 Å². The highest BCUT2D eigenvalue weighted by molar-refractivity contribution is 8.39. The van der Waals surface area contributed by atoms with E-state index >= 15 is 0 Å². The Morgan fingerprint density at radius 3 is 2.73 bits per heavy atom. The topological polar surface area (TPSA) is 67.8 Å². The number of carbonyl (C=O) groups is 2. The van der Waals surface area contributed by atoms with Gasteiger partial charge in [-0.15, -0.1) is 0 Å². The van der Waals surface area contributed by atoms with E-state index in [2.05, 4.69) is 10.3 Å². The molecule has 22 heavy (non-hydrogen) atoms. The van der Waals surface area contributed by atoms with Crippen LogP contribution in [0.1, 0.15) is 24.2 Å². The van der Waals surface area contributed by atoms with Gasteiger partial charge >= 0.3 is 5.97 Å². The van der Waals surface area contributed by atoms with Gasteiger partial charge in [0.2, 0.25) is 5.91 Å². The minimum atomic E-state index is -0.361. The molecular formula is C15H18N2O3S2. The quantitative estimate of drug-likeness (QED) is 0.836. The number of benzene rings is 1. The van der Waals surface area contributed by atoms with Gasteiger partial charge in [0.05, 0.1) is 24.0 Å². The third kappa shape index (κ3) is 4.78.